The summed E-state index contributed by atoms with van der Waals surface area (Å²) < 4.78 is 11.0. The van der Waals surface area contributed by atoms with Crippen LogP contribution in [-0.4, -0.2) is 42.2 Å². The van der Waals surface area contributed by atoms with Gasteiger partial charge in [0.25, 0.3) is 17.1 Å². The van der Waals surface area contributed by atoms with Crippen molar-refractivity contribution in [2.24, 2.45) is 0 Å². The molecule has 0 bridgehead atoms. The molecule has 7 nitrogen and oxygen atoms in total. The smallest absolute Gasteiger partial charge is 0.293 e. The molecule has 3 rings (SSSR count). The van der Waals surface area contributed by atoms with Crippen molar-refractivity contribution in [1.29, 1.82) is 0 Å². The van der Waals surface area contributed by atoms with Crippen LogP contribution < -0.4 is 14.8 Å². The number of ether oxygens (including phenoxy) is 2. The maximum absolute atomic E-state index is 12.4. The van der Waals surface area contributed by atoms with E-state index in [0.29, 0.717) is 34.9 Å². The lowest BCUT2D eigenvalue weighted by Crippen LogP contribution is -2.28. The molecule has 2 aromatic carbocycles. The summed E-state index contributed by atoms with van der Waals surface area (Å²) in [5.41, 5.74) is 2.32. The fourth-order valence-corrected chi connectivity index (χ4v) is 4.14. The summed E-state index contributed by atoms with van der Waals surface area (Å²) in [6.45, 7) is 3.98. The second-order valence-electron chi connectivity index (χ2n) is 7.07. The number of rotatable bonds is 8. The van der Waals surface area contributed by atoms with Gasteiger partial charge in [-0.2, -0.15) is 0 Å². The van der Waals surface area contributed by atoms with Crippen molar-refractivity contribution in [3.8, 4) is 11.5 Å². The zero-order valence-corrected chi connectivity index (χ0v) is 19.5. The van der Waals surface area contributed by atoms with Gasteiger partial charge in [0.1, 0.15) is 0 Å². The minimum absolute atomic E-state index is 0.212. The van der Waals surface area contributed by atoms with E-state index in [4.69, 9.17) is 21.1 Å². The monoisotopic (exact) mass is 474 g/mol. The van der Waals surface area contributed by atoms with Crippen LogP contribution in [0.5, 0.6) is 11.5 Å². The number of imide groups is 1. The van der Waals surface area contributed by atoms with Crippen molar-refractivity contribution < 1.29 is 23.9 Å². The highest BCUT2D eigenvalue weighted by molar-refractivity contribution is 8.18. The Labute approximate surface area is 195 Å². The lowest BCUT2D eigenvalue weighted by Gasteiger charge is -2.14. The molecule has 168 valence electrons. The van der Waals surface area contributed by atoms with Crippen molar-refractivity contribution in [2.45, 2.75) is 20.3 Å². The predicted molar refractivity (Wildman–Crippen MR) is 126 cm³/mol. The van der Waals surface area contributed by atoms with Gasteiger partial charge < -0.3 is 14.8 Å². The molecule has 1 aliphatic rings. The molecule has 2 aromatic rings. The van der Waals surface area contributed by atoms with Crippen LogP contribution in [0.25, 0.3) is 6.08 Å². The largest absolute Gasteiger partial charge is 0.493 e. The molecule has 1 heterocycles. The molecule has 3 amide bonds. The number of halogens is 1. The normalized spacial score (nSPS) is 14.8. The highest BCUT2D eigenvalue weighted by Gasteiger charge is 2.34. The summed E-state index contributed by atoms with van der Waals surface area (Å²) in [7, 11) is 1.45. The number of aryl methyl sites for hydroxylation is 1. The Kier molecular flexibility index (Phi) is 7.82. The van der Waals surface area contributed by atoms with Gasteiger partial charge in [0.15, 0.2) is 18.1 Å². The van der Waals surface area contributed by atoms with E-state index in [1.807, 2.05) is 26.0 Å². The maximum Gasteiger partial charge on any atom is 0.293 e. The molecular weight excluding hydrogens is 452 g/mol. The highest BCUT2D eigenvalue weighted by atomic mass is 35.5. The Morgan fingerprint density at radius 1 is 1.22 bits per heavy atom. The van der Waals surface area contributed by atoms with Gasteiger partial charge in [-0.05, 0) is 61.0 Å². The van der Waals surface area contributed by atoms with Gasteiger partial charge in [0.2, 0.25) is 0 Å². The molecule has 0 aliphatic carbocycles. The van der Waals surface area contributed by atoms with Crippen molar-refractivity contribution in [3.05, 3.63) is 57.5 Å². The third-order valence-electron chi connectivity index (χ3n) is 4.55. The topological polar surface area (TPSA) is 84.9 Å². The van der Waals surface area contributed by atoms with Crippen molar-refractivity contribution in [3.63, 3.8) is 0 Å². The van der Waals surface area contributed by atoms with Crippen LogP contribution in [0.15, 0.2) is 41.3 Å². The number of hydrogen-bond acceptors (Lipinski definition) is 6. The van der Waals surface area contributed by atoms with Crippen LogP contribution in [0.1, 0.15) is 24.5 Å². The third kappa shape index (κ3) is 5.63. The SMILES string of the molecule is CCCN1C(=O)S/C(=C/c2cc(Cl)c(OCC(=O)Nc3ccc(C)cc3)c(OC)c2)C1=O. The van der Waals surface area contributed by atoms with E-state index in [0.717, 1.165) is 17.3 Å². The molecule has 1 fully saturated rings. The number of thioether (sulfide) groups is 1. The summed E-state index contributed by atoms with van der Waals surface area (Å²) in [4.78, 5) is 38.2. The second kappa shape index (κ2) is 10.6. The van der Waals surface area contributed by atoms with E-state index >= 15 is 0 Å². The van der Waals surface area contributed by atoms with Crippen LogP contribution in [0.2, 0.25) is 5.02 Å². The molecule has 0 unspecified atom stereocenters. The fourth-order valence-electron chi connectivity index (χ4n) is 3.00. The van der Waals surface area contributed by atoms with Gasteiger partial charge in [-0.3, -0.25) is 19.3 Å². The molecular formula is C23H23ClN2O5S. The standard InChI is InChI=1S/C23H23ClN2O5S/c1-4-9-26-22(28)19(32-23(26)29)12-15-10-17(24)21(18(11-15)30-3)31-13-20(27)25-16-7-5-14(2)6-8-16/h5-8,10-12H,4,9,13H2,1-3H3,(H,25,27)/b19-12+. The van der Waals surface area contributed by atoms with Gasteiger partial charge in [-0.1, -0.05) is 36.2 Å². The van der Waals surface area contributed by atoms with E-state index < -0.39 is 0 Å². The lowest BCUT2D eigenvalue weighted by atomic mass is 10.1. The number of methoxy groups -OCH3 is 1. The highest BCUT2D eigenvalue weighted by Crippen LogP contribution is 2.39. The Bertz CT molecular complexity index is 1070. The van der Waals surface area contributed by atoms with Crippen molar-refractivity contribution >= 4 is 52.2 Å². The van der Waals surface area contributed by atoms with Crippen LogP contribution in [0, 0.1) is 6.92 Å². The first-order chi connectivity index (χ1) is 15.3. The first-order valence-electron chi connectivity index (χ1n) is 9.94. The second-order valence-corrected chi connectivity index (χ2v) is 8.47. The Morgan fingerprint density at radius 2 is 1.94 bits per heavy atom. The Balaban J connectivity index is 1.72. The lowest BCUT2D eigenvalue weighted by molar-refractivity contribution is -0.122. The van der Waals surface area contributed by atoms with Gasteiger partial charge in [0.05, 0.1) is 17.0 Å². The molecule has 32 heavy (non-hydrogen) atoms. The molecule has 0 spiro atoms. The summed E-state index contributed by atoms with van der Waals surface area (Å²) in [5, 5.41) is 2.67. The summed E-state index contributed by atoms with van der Waals surface area (Å²) in [5.74, 6) is -0.158. The number of hydrogen-bond donors (Lipinski definition) is 1. The predicted octanol–water partition coefficient (Wildman–Crippen LogP) is 5.12. The van der Waals surface area contributed by atoms with Crippen LogP contribution >= 0.6 is 23.4 Å². The van der Waals surface area contributed by atoms with Crippen LogP contribution in [0.3, 0.4) is 0 Å². The zero-order valence-electron chi connectivity index (χ0n) is 17.9. The number of benzene rings is 2. The molecule has 0 radical (unpaired) electrons. The van der Waals surface area contributed by atoms with E-state index in [2.05, 4.69) is 5.32 Å². The van der Waals surface area contributed by atoms with E-state index in [9.17, 15) is 14.4 Å². The Morgan fingerprint density at radius 3 is 2.59 bits per heavy atom. The molecule has 0 saturated carbocycles. The van der Waals surface area contributed by atoms with Crippen molar-refractivity contribution in [1.82, 2.24) is 4.90 Å². The minimum Gasteiger partial charge on any atom is -0.493 e. The number of anilines is 1. The first-order valence-corrected chi connectivity index (χ1v) is 11.1. The Hall–Kier alpha value is -2.97. The third-order valence-corrected chi connectivity index (χ3v) is 5.74. The van der Waals surface area contributed by atoms with Gasteiger partial charge in [-0.25, -0.2) is 0 Å². The van der Waals surface area contributed by atoms with Crippen molar-refractivity contribution in [2.75, 3.05) is 25.6 Å². The average Bonchev–Trinajstić information content (AvgIpc) is 3.02. The summed E-state index contributed by atoms with van der Waals surface area (Å²) in [6, 6.07) is 10.6. The maximum atomic E-state index is 12.4. The quantitative estimate of drug-likeness (QED) is 0.534. The van der Waals surface area contributed by atoms with Gasteiger partial charge >= 0.3 is 0 Å². The first kappa shape index (κ1) is 23.7. The molecule has 1 saturated heterocycles. The average molecular weight is 475 g/mol. The summed E-state index contributed by atoms with van der Waals surface area (Å²) >= 11 is 7.25. The van der Waals surface area contributed by atoms with E-state index in [1.165, 1.54) is 12.0 Å². The molecule has 9 heteroatoms. The van der Waals surface area contributed by atoms with E-state index in [-0.39, 0.29) is 34.4 Å². The molecule has 0 aromatic heterocycles. The van der Waals surface area contributed by atoms with Crippen LogP contribution in [-0.2, 0) is 9.59 Å². The minimum atomic E-state index is -0.347. The molecule has 0 atom stereocenters. The number of carbonyl (C=O) groups is 3. The number of amides is 3. The summed E-state index contributed by atoms with van der Waals surface area (Å²) in [6.07, 6.45) is 2.28. The van der Waals surface area contributed by atoms with E-state index in [1.54, 1.807) is 30.3 Å². The fraction of sp³-hybridized carbons (Fsp3) is 0.261. The number of nitrogens with zero attached hydrogens (tertiary/aromatic N) is 1. The van der Waals surface area contributed by atoms with Crippen LogP contribution in [0.4, 0.5) is 10.5 Å². The number of nitrogens with one attached hydrogen (secondary N) is 1. The number of carbonyl (C=O) groups excluding carboxylic acids is 3. The van der Waals surface area contributed by atoms with Gasteiger partial charge in [-0.15, -0.1) is 0 Å². The molecule has 1 aliphatic heterocycles. The van der Waals surface area contributed by atoms with Gasteiger partial charge in [0, 0.05) is 12.2 Å². The zero-order chi connectivity index (χ0) is 23.3. The molecule has 1 N–H and O–H groups in total.